The highest BCUT2D eigenvalue weighted by atomic mass is 32.2. The summed E-state index contributed by atoms with van der Waals surface area (Å²) in [6.07, 6.45) is 0. The Balaban J connectivity index is 0.936. The van der Waals surface area contributed by atoms with Gasteiger partial charge in [0.05, 0.1) is 10.8 Å². The predicted molar refractivity (Wildman–Crippen MR) is 314 cm³/mol. The zero-order valence-electron chi connectivity index (χ0n) is 41.0. The minimum Gasteiger partial charge on any atom is -0.456 e. The van der Waals surface area contributed by atoms with E-state index in [2.05, 4.69) is 266 Å². The van der Waals surface area contributed by atoms with Crippen LogP contribution in [0.4, 0.5) is 17.1 Å². The van der Waals surface area contributed by atoms with E-state index in [0.717, 1.165) is 50.1 Å². The average molecular weight is 1000 g/mol. The first kappa shape index (κ1) is 42.5. The molecule has 3 heterocycles. The van der Waals surface area contributed by atoms with Crippen molar-refractivity contribution < 1.29 is 4.42 Å². The van der Waals surface area contributed by atoms with Crippen molar-refractivity contribution in [2.75, 3.05) is 4.90 Å². The Morgan fingerprint density at radius 1 is 0.289 bits per heavy atom. The van der Waals surface area contributed by atoms with Crippen LogP contribution in [0.25, 0.3) is 66.1 Å². The third-order valence-corrected chi connectivity index (χ3v) is 19.2. The molecule has 0 saturated heterocycles. The number of nitrogens with zero attached hydrogens (tertiary/aromatic N) is 1. The Bertz CT molecular complexity index is 4580. The zero-order chi connectivity index (χ0) is 49.7. The van der Waals surface area contributed by atoms with Crippen LogP contribution in [0, 0.1) is 0 Å². The van der Waals surface area contributed by atoms with Crippen LogP contribution in [-0.2, 0) is 10.8 Å². The van der Waals surface area contributed by atoms with Crippen molar-refractivity contribution in [2.45, 2.75) is 30.4 Å². The molecule has 0 radical (unpaired) electrons. The van der Waals surface area contributed by atoms with E-state index in [9.17, 15) is 0 Å². The normalized spacial score (nSPS) is 15.7. The highest BCUT2D eigenvalue weighted by molar-refractivity contribution is 7.99. The molecule has 0 fully saturated rings. The van der Waals surface area contributed by atoms with E-state index in [0.29, 0.717) is 0 Å². The summed E-state index contributed by atoms with van der Waals surface area (Å²) in [5.74, 6) is 0. The number of benzene rings is 12. The Kier molecular flexibility index (Phi) is 8.88. The van der Waals surface area contributed by atoms with Crippen LogP contribution in [0.5, 0.6) is 0 Å². The molecule has 76 heavy (non-hydrogen) atoms. The third kappa shape index (κ3) is 5.64. The fourth-order valence-electron chi connectivity index (χ4n) is 14.0. The summed E-state index contributed by atoms with van der Waals surface area (Å²) in [5, 5.41) is 4.72. The molecule has 2 aliphatic carbocycles. The number of anilines is 3. The molecule has 0 amide bonds. The second-order valence-corrected chi connectivity index (χ2v) is 22.8. The van der Waals surface area contributed by atoms with Crippen molar-refractivity contribution in [2.24, 2.45) is 0 Å². The highest BCUT2D eigenvalue weighted by Gasteiger charge is 2.52. The SMILES string of the molecule is c1ccc(-c2cccc3oc4ccc(N(c5ccc6c(c5)Sc5ccccc5C65c6ccccc6-c6cc7ccccc7cc65)c5ccc6c(c5)C5(c7ccccc7S6)c6ccccc6-c6ccccc65)cc4c23)cc1. The summed E-state index contributed by atoms with van der Waals surface area (Å²) in [6, 6.07) is 97.8. The van der Waals surface area contributed by atoms with Gasteiger partial charge in [-0.25, -0.2) is 0 Å². The first-order valence-electron chi connectivity index (χ1n) is 26.1. The Labute approximate surface area is 448 Å². The summed E-state index contributed by atoms with van der Waals surface area (Å²) in [6.45, 7) is 0. The van der Waals surface area contributed by atoms with E-state index in [1.165, 1.54) is 97.1 Å². The molecule has 2 aliphatic heterocycles. The lowest BCUT2D eigenvalue weighted by Crippen LogP contribution is -2.32. The van der Waals surface area contributed by atoms with Gasteiger partial charge in [0.1, 0.15) is 11.2 Å². The molecule has 1 atom stereocenters. The van der Waals surface area contributed by atoms with E-state index in [1.807, 2.05) is 23.5 Å². The number of hydrogen-bond donors (Lipinski definition) is 0. The Morgan fingerprint density at radius 3 is 1.50 bits per heavy atom. The van der Waals surface area contributed by atoms with Crippen LogP contribution >= 0.6 is 23.5 Å². The first-order chi connectivity index (χ1) is 37.7. The second kappa shape index (κ2) is 15.9. The summed E-state index contributed by atoms with van der Waals surface area (Å²) < 4.78 is 6.72. The van der Waals surface area contributed by atoms with E-state index >= 15 is 0 Å². The second-order valence-electron chi connectivity index (χ2n) is 20.6. The van der Waals surface area contributed by atoms with Gasteiger partial charge in [-0.1, -0.05) is 206 Å². The third-order valence-electron chi connectivity index (χ3n) is 17.0. The van der Waals surface area contributed by atoms with Gasteiger partial charge in [0.2, 0.25) is 0 Å². The lowest BCUT2D eigenvalue weighted by atomic mass is 9.67. The molecule has 0 saturated carbocycles. The van der Waals surface area contributed by atoms with Crippen molar-refractivity contribution in [3.63, 3.8) is 0 Å². The van der Waals surface area contributed by atoms with Gasteiger partial charge in [0.15, 0.2) is 0 Å². The van der Waals surface area contributed by atoms with E-state index < -0.39 is 10.8 Å². The Morgan fingerprint density at radius 2 is 0.789 bits per heavy atom. The topological polar surface area (TPSA) is 16.4 Å². The van der Waals surface area contributed by atoms with Gasteiger partial charge in [0, 0.05) is 47.4 Å². The molecule has 1 aromatic heterocycles. The van der Waals surface area contributed by atoms with Crippen LogP contribution in [-0.4, -0.2) is 0 Å². The van der Waals surface area contributed by atoms with Crippen LogP contribution in [0.1, 0.15) is 44.5 Å². The monoisotopic (exact) mass is 1000 g/mol. The summed E-state index contributed by atoms with van der Waals surface area (Å²) in [7, 11) is 0. The maximum absolute atomic E-state index is 6.72. The molecule has 2 spiro atoms. The quantitative estimate of drug-likeness (QED) is 0.175. The fourth-order valence-corrected chi connectivity index (χ4v) is 16.4. The first-order valence-corrected chi connectivity index (χ1v) is 27.8. The van der Waals surface area contributed by atoms with Crippen molar-refractivity contribution in [1.82, 2.24) is 0 Å². The van der Waals surface area contributed by atoms with Crippen LogP contribution in [0.15, 0.2) is 285 Å². The maximum atomic E-state index is 6.72. The van der Waals surface area contributed by atoms with Gasteiger partial charge < -0.3 is 9.32 Å². The minimum absolute atomic E-state index is 0.523. The highest BCUT2D eigenvalue weighted by Crippen LogP contribution is 2.65. The Hall–Kier alpha value is -8.80. The molecule has 0 bridgehead atoms. The van der Waals surface area contributed by atoms with Crippen LogP contribution < -0.4 is 4.90 Å². The zero-order valence-corrected chi connectivity index (χ0v) is 42.6. The van der Waals surface area contributed by atoms with Crippen molar-refractivity contribution in [3.8, 4) is 33.4 Å². The van der Waals surface area contributed by atoms with Crippen LogP contribution in [0.2, 0.25) is 0 Å². The maximum Gasteiger partial charge on any atom is 0.136 e. The number of hydrogen-bond acceptors (Lipinski definition) is 4. The summed E-state index contributed by atoms with van der Waals surface area (Å²) >= 11 is 3.78. The van der Waals surface area contributed by atoms with Gasteiger partial charge in [-0.05, 0) is 168 Å². The molecule has 1 unspecified atom stereocenters. The van der Waals surface area contributed by atoms with Crippen molar-refractivity contribution in [1.29, 1.82) is 0 Å². The lowest BCUT2D eigenvalue weighted by Gasteiger charge is -2.41. The molecule has 12 aromatic carbocycles. The predicted octanol–water partition coefficient (Wildman–Crippen LogP) is 19.5. The molecule has 0 N–H and O–H groups in total. The molecule has 354 valence electrons. The smallest absolute Gasteiger partial charge is 0.136 e. The van der Waals surface area contributed by atoms with Gasteiger partial charge in [-0.2, -0.15) is 0 Å². The molecule has 4 aliphatic rings. The van der Waals surface area contributed by atoms with Crippen molar-refractivity contribution in [3.05, 3.63) is 305 Å². The van der Waals surface area contributed by atoms with E-state index in [4.69, 9.17) is 4.42 Å². The summed E-state index contributed by atoms with van der Waals surface area (Å²) in [4.78, 5) is 7.59. The lowest BCUT2D eigenvalue weighted by molar-refractivity contribution is 0.669. The fraction of sp³-hybridized carbons (Fsp3) is 0.0278. The molecular formula is C72H43NOS2. The minimum atomic E-state index is -0.531. The van der Waals surface area contributed by atoms with Gasteiger partial charge in [0.25, 0.3) is 0 Å². The van der Waals surface area contributed by atoms with E-state index in [-0.39, 0.29) is 0 Å². The number of rotatable bonds is 4. The average Bonchev–Trinajstić information content (AvgIpc) is 4.27. The molecule has 13 aromatic rings. The van der Waals surface area contributed by atoms with Gasteiger partial charge in [-0.3, -0.25) is 0 Å². The molecule has 2 nitrogen and oxygen atoms in total. The molecule has 4 heteroatoms. The van der Waals surface area contributed by atoms with Gasteiger partial charge in [-0.15, -0.1) is 0 Å². The van der Waals surface area contributed by atoms with Gasteiger partial charge >= 0.3 is 0 Å². The standard InChI is InChI=1S/C72H43NOS2/c1-2-17-44(18-3-1)50-24-16-30-65-70(50)55-41-47(34-37-64(55)74-65)73(48-35-38-68-63(42-48)71(59-28-12-14-31-66(59)75-68)56-25-9-6-21-51(56)52-22-7-10-26-57(52)71)49-33-36-61-69(43-49)76-67-32-15-13-29-60(67)72(61)58-27-11-8-23-53(58)54-39-45-19-4-5-20-46(45)40-62(54)72/h1-43H. The molecule has 17 rings (SSSR count). The largest absolute Gasteiger partial charge is 0.456 e. The molecular weight excluding hydrogens is 959 g/mol. The van der Waals surface area contributed by atoms with Crippen molar-refractivity contribution >= 4 is 73.3 Å². The number of fused-ring (bicyclic) bond motifs is 22. The summed E-state index contributed by atoms with van der Waals surface area (Å²) in [5.41, 5.74) is 22.0. The van der Waals surface area contributed by atoms with Crippen LogP contribution in [0.3, 0.4) is 0 Å². The number of furan rings is 1. The van der Waals surface area contributed by atoms with E-state index in [1.54, 1.807) is 0 Å².